The van der Waals surface area contributed by atoms with E-state index in [0.29, 0.717) is 0 Å². The molecule has 6 rings (SSSR count). The van der Waals surface area contributed by atoms with Gasteiger partial charge in [0, 0.05) is 21.2 Å². The van der Waals surface area contributed by atoms with Gasteiger partial charge in [0.05, 0.1) is 5.69 Å². The average Bonchev–Trinajstić information content (AvgIpc) is 2.91. The lowest BCUT2D eigenvalue weighted by Gasteiger charge is -2.27. The van der Waals surface area contributed by atoms with Gasteiger partial charge in [-0.15, -0.1) is 0 Å². The fraction of sp³-hybridized carbons (Fsp3) is 0. The van der Waals surface area contributed by atoms with Crippen molar-refractivity contribution in [1.82, 2.24) is 0 Å². The van der Waals surface area contributed by atoms with Crippen molar-refractivity contribution < 1.29 is 0 Å². The second-order valence-electron chi connectivity index (χ2n) is 8.36. The summed E-state index contributed by atoms with van der Waals surface area (Å²) in [6.45, 7) is 0. The Bertz CT molecular complexity index is 1600. The maximum Gasteiger partial charge on any atom is 0.0540 e. The highest BCUT2D eigenvalue weighted by Gasteiger charge is 2.15. The summed E-state index contributed by atoms with van der Waals surface area (Å²) in [4.78, 5) is 2.34. The zero-order chi connectivity index (χ0) is 22.9. The van der Waals surface area contributed by atoms with Crippen molar-refractivity contribution in [2.75, 3.05) is 4.90 Å². The van der Waals surface area contributed by atoms with Gasteiger partial charge in [0.25, 0.3) is 0 Å². The predicted octanol–water partition coefficient (Wildman–Crippen LogP) is 9.89. The average molecular weight is 500 g/mol. The quantitative estimate of drug-likeness (QED) is 0.233. The fourth-order valence-electron chi connectivity index (χ4n) is 4.71. The third-order valence-corrected chi connectivity index (χ3v) is 7.02. The first-order chi connectivity index (χ1) is 16.8. The van der Waals surface area contributed by atoms with Crippen molar-refractivity contribution >= 4 is 54.5 Å². The molecule has 0 bridgehead atoms. The van der Waals surface area contributed by atoms with Crippen LogP contribution in [0.2, 0.25) is 0 Å². The molecule has 0 N–H and O–H groups in total. The van der Waals surface area contributed by atoms with Crippen molar-refractivity contribution in [3.8, 4) is 11.1 Å². The maximum atomic E-state index is 3.70. The molecule has 0 aromatic heterocycles. The summed E-state index contributed by atoms with van der Waals surface area (Å²) in [5, 5.41) is 4.94. The van der Waals surface area contributed by atoms with E-state index in [4.69, 9.17) is 0 Å². The van der Waals surface area contributed by atoms with E-state index in [-0.39, 0.29) is 0 Å². The molecular weight excluding hydrogens is 478 g/mol. The van der Waals surface area contributed by atoms with Gasteiger partial charge in [-0.3, -0.25) is 0 Å². The minimum Gasteiger partial charge on any atom is -0.310 e. The molecular formula is C32H22BrN. The van der Waals surface area contributed by atoms with Crippen LogP contribution in [0, 0.1) is 0 Å². The summed E-state index contributed by atoms with van der Waals surface area (Å²) in [5.41, 5.74) is 5.89. The van der Waals surface area contributed by atoms with Crippen LogP contribution in [-0.2, 0) is 0 Å². The first kappa shape index (κ1) is 20.7. The second-order valence-corrected chi connectivity index (χ2v) is 9.21. The number of halogens is 1. The number of nitrogens with zero attached hydrogens (tertiary/aromatic N) is 1. The number of para-hydroxylation sites is 1. The Kier molecular flexibility index (Phi) is 5.37. The molecule has 0 aliphatic heterocycles. The van der Waals surface area contributed by atoms with E-state index in [9.17, 15) is 0 Å². The largest absolute Gasteiger partial charge is 0.310 e. The summed E-state index contributed by atoms with van der Waals surface area (Å²) in [5.74, 6) is 0. The zero-order valence-electron chi connectivity index (χ0n) is 18.5. The van der Waals surface area contributed by atoms with Crippen LogP contribution in [0.1, 0.15) is 0 Å². The van der Waals surface area contributed by atoms with Gasteiger partial charge in [0.2, 0.25) is 0 Å². The molecule has 162 valence electrons. The van der Waals surface area contributed by atoms with Crippen LogP contribution in [0.15, 0.2) is 138 Å². The highest BCUT2D eigenvalue weighted by atomic mass is 79.9. The first-order valence-corrected chi connectivity index (χ1v) is 12.2. The van der Waals surface area contributed by atoms with Crippen LogP contribution < -0.4 is 4.90 Å². The second kappa shape index (κ2) is 8.81. The summed E-state index contributed by atoms with van der Waals surface area (Å²) in [6, 6.07) is 47.4. The molecule has 0 atom stereocenters. The van der Waals surface area contributed by atoms with Crippen molar-refractivity contribution in [3.63, 3.8) is 0 Å². The topological polar surface area (TPSA) is 3.24 Å². The monoisotopic (exact) mass is 499 g/mol. The molecule has 0 unspecified atom stereocenters. The number of rotatable bonds is 4. The molecule has 1 nitrogen and oxygen atoms in total. The summed E-state index contributed by atoms with van der Waals surface area (Å²) < 4.78 is 1.12. The van der Waals surface area contributed by atoms with Gasteiger partial charge >= 0.3 is 0 Å². The van der Waals surface area contributed by atoms with E-state index in [0.717, 1.165) is 15.8 Å². The van der Waals surface area contributed by atoms with Crippen molar-refractivity contribution in [1.29, 1.82) is 0 Å². The van der Waals surface area contributed by atoms with Crippen LogP contribution in [0.5, 0.6) is 0 Å². The van der Waals surface area contributed by atoms with Crippen molar-refractivity contribution in [2.45, 2.75) is 0 Å². The summed E-state index contributed by atoms with van der Waals surface area (Å²) in [7, 11) is 0. The third kappa shape index (κ3) is 3.67. The molecule has 0 fully saturated rings. The standard InChI is InChI=1S/C32H22BrN/c33-31-22-21-27(29-14-6-7-15-30(29)31)24-17-19-26(20-18-24)34(25-11-2-1-3-12-25)32-16-8-10-23-9-4-5-13-28(23)32/h1-22H. The number of hydrogen-bond donors (Lipinski definition) is 0. The van der Waals surface area contributed by atoms with E-state index in [1.165, 1.54) is 38.4 Å². The van der Waals surface area contributed by atoms with Crippen LogP contribution in [0.25, 0.3) is 32.7 Å². The third-order valence-electron chi connectivity index (χ3n) is 6.33. The Morgan fingerprint density at radius 3 is 1.85 bits per heavy atom. The molecule has 34 heavy (non-hydrogen) atoms. The van der Waals surface area contributed by atoms with E-state index >= 15 is 0 Å². The highest BCUT2D eigenvalue weighted by molar-refractivity contribution is 9.10. The van der Waals surface area contributed by atoms with Crippen LogP contribution >= 0.6 is 15.9 Å². The Balaban J connectivity index is 1.50. The van der Waals surface area contributed by atoms with Crippen molar-refractivity contribution in [3.05, 3.63) is 138 Å². The van der Waals surface area contributed by atoms with E-state index in [2.05, 4.69) is 154 Å². The Hall–Kier alpha value is -3.88. The molecule has 0 heterocycles. The van der Waals surface area contributed by atoms with Crippen LogP contribution in [0.3, 0.4) is 0 Å². The van der Waals surface area contributed by atoms with Crippen LogP contribution in [0.4, 0.5) is 17.1 Å². The molecule has 6 aromatic rings. The van der Waals surface area contributed by atoms with Gasteiger partial charge in [-0.25, -0.2) is 0 Å². The molecule has 2 heteroatoms. The van der Waals surface area contributed by atoms with Gasteiger partial charge in [-0.1, -0.05) is 113 Å². The Labute approximate surface area is 208 Å². The Morgan fingerprint density at radius 1 is 0.441 bits per heavy atom. The SMILES string of the molecule is Brc1ccc(-c2ccc(N(c3ccccc3)c3cccc4ccccc34)cc2)c2ccccc12. The fourth-order valence-corrected chi connectivity index (χ4v) is 5.19. The summed E-state index contributed by atoms with van der Waals surface area (Å²) in [6.07, 6.45) is 0. The summed E-state index contributed by atoms with van der Waals surface area (Å²) >= 11 is 3.70. The molecule has 0 spiro atoms. The van der Waals surface area contributed by atoms with E-state index in [1.807, 2.05) is 0 Å². The molecule has 0 saturated carbocycles. The Morgan fingerprint density at radius 2 is 1.06 bits per heavy atom. The van der Waals surface area contributed by atoms with Gasteiger partial charge < -0.3 is 4.90 Å². The molecule has 6 aromatic carbocycles. The highest BCUT2D eigenvalue weighted by Crippen LogP contribution is 2.40. The molecule has 0 radical (unpaired) electrons. The zero-order valence-corrected chi connectivity index (χ0v) is 20.1. The lowest BCUT2D eigenvalue weighted by atomic mass is 9.98. The normalized spacial score (nSPS) is 11.1. The smallest absolute Gasteiger partial charge is 0.0540 e. The van der Waals surface area contributed by atoms with Gasteiger partial charge in [-0.2, -0.15) is 0 Å². The van der Waals surface area contributed by atoms with Gasteiger partial charge in [-0.05, 0) is 63.7 Å². The lowest BCUT2D eigenvalue weighted by Crippen LogP contribution is -2.10. The van der Waals surface area contributed by atoms with Crippen molar-refractivity contribution in [2.24, 2.45) is 0 Å². The number of fused-ring (bicyclic) bond motifs is 2. The molecule has 0 saturated heterocycles. The number of anilines is 3. The van der Waals surface area contributed by atoms with Gasteiger partial charge in [0.15, 0.2) is 0 Å². The number of benzene rings is 6. The molecule has 0 amide bonds. The minimum absolute atomic E-state index is 1.12. The maximum absolute atomic E-state index is 3.70. The lowest BCUT2D eigenvalue weighted by molar-refractivity contribution is 1.30. The number of hydrogen-bond acceptors (Lipinski definition) is 1. The van der Waals surface area contributed by atoms with E-state index < -0.39 is 0 Å². The molecule has 0 aliphatic rings. The van der Waals surface area contributed by atoms with Crippen LogP contribution in [-0.4, -0.2) is 0 Å². The predicted molar refractivity (Wildman–Crippen MR) is 149 cm³/mol. The molecule has 0 aliphatic carbocycles. The first-order valence-electron chi connectivity index (χ1n) is 11.4. The minimum atomic E-state index is 1.12. The van der Waals surface area contributed by atoms with Gasteiger partial charge in [0.1, 0.15) is 0 Å². The van der Waals surface area contributed by atoms with E-state index in [1.54, 1.807) is 0 Å².